The van der Waals surface area contributed by atoms with Crippen molar-refractivity contribution in [3.8, 4) is 5.75 Å². The minimum Gasteiger partial charge on any atom is -0.495 e. The second-order valence-electron chi connectivity index (χ2n) is 7.44. The summed E-state index contributed by atoms with van der Waals surface area (Å²) in [4.78, 5) is 39.0. The maximum absolute atomic E-state index is 12.7. The number of benzene rings is 1. The van der Waals surface area contributed by atoms with Crippen molar-refractivity contribution in [2.24, 2.45) is 0 Å². The van der Waals surface area contributed by atoms with Crippen LogP contribution in [-0.4, -0.2) is 60.0 Å². The molecule has 0 saturated carbocycles. The normalized spacial score (nSPS) is 14.3. The summed E-state index contributed by atoms with van der Waals surface area (Å²) in [6.45, 7) is 2.83. The number of pyridine rings is 1. The lowest BCUT2D eigenvalue weighted by molar-refractivity contribution is -0.132. The van der Waals surface area contributed by atoms with Gasteiger partial charge in [0, 0.05) is 50.9 Å². The summed E-state index contributed by atoms with van der Waals surface area (Å²) in [7, 11) is 1.53. The molecular formula is C22H24ClN5O3S. The summed E-state index contributed by atoms with van der Waals surface area (Å²) in [6.07, 6.45) is 2.91. The number of rotatable bonds is 6. The zero-order valence-corrected chi connectivity index (χ0v) is 19.3. The van der Waals surface area contributed by atoms with Crippen LogP contribution in [0.1, 0.15) is 19.3 Å². The molecule has 0 bridgehead atoms. The van der Waals surface area contributed by atoms with E-state index in [0.717, 1.165) is 28.4 Å². The minimum absolute atomic E-state index is 0.0132. The number of amides is 2. The Morgan fingerprint density at radius 1 is 1.19 bits per heavy atom. The van der Waals surface area contributed by atoms with Crippen LogP contribution >= 0.6 is 22.9 Å². The average Bonchev–Trinajstić information content (AvgIpc) is 3.07. The number of carbonyl (C=O) groups excluding carboxylic acids is 2. The molecule has 0 aliphatic carbocycles. The summed E-state index contributed by atoms with van der Waals surface area (Å²) in [5.41, 5.74) is 1.47. The van der Waals surface area contributed by atoms with Crippen molar-refractivity contribution in [2.75, 3.05) is 43.5 Å². The van der Waals surface area contributed by atoms with Crippen molar-refractivity contribution < 1.29 is 14.3 Å². The summed E-state index contributed by atoms with van der Waals surface area (Å²) < 4.78 is 5.11. The highest BCUT2D eigenvalue weighted by molar-refractivity contribution is 7.21. The second-order valence-corrected chi connectivity index (χ2v) is 8.81. The first-order chi connectivity index (χ1) is 15.5. The summed E-state index contributed by atoms with van der Waals surface area (Å²) in [5, 5.41) is 4.13. The molecule has 1 aliphatic heterocycles. The fourth-order valence-electron chi connectivity index (χ4n) is 3.60. The number of ether oxygens (including phenoxy) is 1. The van der Waals surface area contributed by atoms with E-state index in [0.29, 0.717) is 36.1 Å². The third kappa shape index (κ3) is 5.28. The highest BCUT2D eigenvalue weighted by Gasteiger charge is 2.22. The van der Waals surface area contributed by atoms with E-state index in [1.807, 2.05) is 17.0 Å². The standard InChI is InChI=1S/C22H24ClN5O3S/c1-31-18-6-5-15(14-16(18)23)25-19(29)7-8-20(30)27-10-3-11-28(13-12-27)22-26-17-4-2-9-24-21(17)32-22/h2,4-6,9,14H,3,7-8,10-13H2,1H3,(H,25,29). The van der Waals surface area contributed by atoms with Gasteiger partial charge in [0.05, 0.1) is 12.1 Å². The molecule has 1 saturated heterocycles. The summed E-state index contributed by atoms with van der Waals surface area (Å²) in [5.74, 6) is 0.302. The van der Waals surface area contributed by atoms with Gasteiger partial charge in [0.2, 0.25) is 11.8 Å². The maximum Gasteiger partial charge on any atom is 0.224 e. The lowest BCUT2D eigenvalue weighted by Crippen LogP contribution is -2.35. The maximum atomic E-state index is 12.7. The highest BCUT2D eigenvalue weighted by Crippen LogP contribution is 2.28. The molecule has 1 aromatic carbocycles. The monoisotopic (exact) mass is 473 g/mol. The Labute approximate surface area is 195 Å². The molecule has 2 aromatic heterocycles. The lowest BCUT2D eigenvalue weighted by Gasteiger charge is -2.21. The number of halogens is 1. The smallest absolute Gasteiger partial charge is 0.224 e. The minimum atomic E-state index is -0.224. The molecule has 2 amide bonds. The van der Waals surface area contributed by atoms with Gasteiger partial charge in [-0.25, -0.2) is 9.97 Å². The molecule has 10 heteroatoms. The van der Waals surface area contributed by atoms with E-state index >= 15 is 0 Å². The lowest BCUT2D eigenvalue weighted by atomic mass is 10.2. The molecule has 0 atom stereocenters. The number of anilines is 2. The predicted octanol–water partition coefficient (Wildman–Crippen LogP) is 3.81. The van der Waals surface area contributed by atoms with E-state index in [1.54, 1.807) is 35.7 Å². The SMILES string of the molecule is COc1ccc(NC(=O)CCC(=O)N2CCCN(c3nc4cccnc4s3)CC2)cc1Cl. The second kappa shape index (κ2) is 10.1. The molecule has 32 heavy (non-hydrogen) atoms. The Morgan fingerprint density at radius 2 is 2.06 bits per heavy atom. The van der Waals surface area contributed by atoms with E-state index in [9.17, 15) is 9.59 Å². The molecular weight excluding hydrogens is 450 g/mol. The fraction of sp³-hybridized carbons (Fsp3) is 0.364. The van der Waals surface area contributed by atoms with Crippen LogP contribution in [0.2, 0.25) is 5.02 Å². The van der Waals surface area contributed by atoms with Crippen LogP contribution in [0.3, 0.4) is 0 Å². The molecule has 3 heterocycles. The summed E-state index contributed by atoms with van der Waals surface area (Å²) >= 11 is 7.66. The quantitative estimate of drug-likeness (QED) is 0.585. The van der Waals surface area contributed by atoms with Gasteiger partial charge in [-0.3, -0.25) is 9.59 Å². The molecule has 168 valence electrons. The van der Waals surface area contributed by atoms with Crippen LogP contribution in [0.25, 0.3) is 10.3 Å². The van der Waals surface area contributed by atoms with Gasteiger partial charge in [0.1, 0.15) is 16.1 Å². The number of fused-ring (bicyclic) bond motifs is 1. The number of thiazole rings is 1. The Hall–Kier alpha value is -2.91. The number of aromatic nitrogens is 2. The highest BCUT2D eigenvalue weighted by atomic mass is 35.5. The Balaban J connectivity index is 1.27. The van der Waals surface area contributed by atoms with Gasteiger partial charge >= 0.3 is 0 Å². The molecule has 8 nitrogen and oxygen atoms in total. The molecule has 1 fully saturated rings. The number of nitrogens with one attached hydrogen (secondary N) is 1. The first-order valence-corrected chi connectivity index (χ1v) is 11.6. The van der Waals surface area contributed by atoms with Crippen LogP contribution in [0.5, 0.6) is 5.75 Å². The van der Waals surface area contributed by atoms with Crippen molar-refractivity contribution in [3.05, 3.63) is 41.6 Å². The van der Waals surface area contributed by atoms with Crippen molar-refractivity contribution in [3.63, 3.8) is 0 Å². The van der Waals surface area contributed by atoms with E-state index in [2.05, 4.69) is 20.2 Å². The van der Waals surface area contributed by atoms with Crippen LogP contribution in [0.15, 0.2) is 36.5 Å². The molecule has 0 unspecified atom stereocenters. The summed E-state index contributed by atoms with van der Waals surface area (Å²) in [6, 6.07) is 8.87. The van der Waals surface area contributed by atoms with Gasteiger partial charge in [-0.2, -0.15) is 0 Å². The first kappa shape index (κ1) is 22.3. The predicted molar refractivity (Wildman–Crippen MR) is 127 cm³/mol. The topological polar surface area (TPSA) is 87.7 Å². The van der Waals surface area contributed by atoms with E-state index in [1.165, 1.54) is 7.11 Å². The third-order valence-electron chi connectivity index (χ3n) is 5.28. The Kier molecular flexibility index (Phi) is 7.06. The molecule has 0 spiro atoms. The van der Waals surface area contributed by atoms with Gasteiger partial charge in [-0.1, -0.05) is 22.9 Å². The largest absolute Gasteiger partial charge is 0.495 e. The molecule has 1 N–H and O–H groups in total. The third-order valence-corrected chi connectivity index (χ3v) is 6.61. The van der Waals surface area contributed by atoms with Crippen molar-refractivity contribution >= 4 is 55.9 Å². The molecule has 1 aliphatic rings. The van der Waals surface area contributed by atoms with Crippen molar-refractivity contribution in [1.29, 1.82) is 0 Å². The van der Waals surface area contributed by atoms with Crippen LogP contribution < -0.4 is 15.0 Å². The van der Waals surface area contributed by atoms with E-state index < -0.39 is 0 Å². The number of methoxy groups -OCH3 is 1. The molecule has 4 rings (SSSR count). The van der Waals surface area contributed by atoms with Crippen molar-refractivity contribution in [2.45, 2.75) is 19.3 Å². The van der Waals surface area contributed by atoms with Gasteiger partial charge in [-0.05, 0) is 36.8 Å². The van der Waals surface area contributed by atoms with E-state index in [4.69, 9.17) is 16.3 Å². The Bertz CT molecular complexity index is 1090. The van der Waals surface area contributed by atoms with Gasteiger partial charge in [0.15, 0.2) is 5.13 Å². The van der Waals surface area contributed by atoms with Crippen LogP contribution in [0.4, 0.5) is 10.8 Å². The fourth-order valence-corrected chi connectivity index (χ4v) is 4.82. The first-order valence-electron chi connectivity index (χ1n) is 10.4. The number of hydrogen-bond donors (Lipinski definition) is 1. The number of carbonyl (C=O) groups is 2. The zero-order chi connectivity index (χ0) is 22.5. The number of hydrogen-bond acceptors (Lipinski definition) is 7. The molecule has 3 aromatic rings. The van der Waals surface area contributed by atoms with Gasteiger partial charge in [-0.15, -0.1) is 0 Å². The van der Waals surface area contributed by atoms with Crippen LogP contribution in [0, 0.1) is 0 Å². The Morgan fingerprint density at radius 3 is 2.84 bits per heavy atom. The zero-order valence-electron chi connectivity index (χ0n) is 17.7. The van der Waals surface area contributed by atoms with Crippen molar-refractivity contribution in [1.82, 2.24) is 14.9 Å². The van der Waals surface area contributed by atoms with Crippen LogP contribution in [-0.2, 0) is 9.59 Å². The molecule has 0 radical (unpaired) electrons. The van der Waals surface area contributed by atoms with E-state index in [-0.39, 0.29) is 24.7 Å². The van der Waals surface area contributed by atoms with Gasteiger partial charge in [0.25, 0.3) is 0 Å². The van der Waals surface area contributed by atoms with Gasteiger partial charge < -0.3 is 19.9 Å². The number of nitrogens with zero attached hydrogens (tertiary/aromatic N) is 4. The average molecular weight is 474 g/mol.